The molecular formula is C34H70N2. The molecule has 2 nitrogen and oxygen atoms in total. The van der Waals surface area contributed by atoms with Gasteiger partial charge in [0.25, 0.3) is 0 Å². The summed E-state index contributed by atoms with van der Waals surface area (Å²) >= 11 is 0. The molecule has 0 rings (SSSR count). The Balaban J connectivity index is 0. The molecular weight excluding hydrogens is 436 g/mol. The molecule has 0 radical (unpaired) electrons. The fourth-order valence-corrected chi connectivity index (χ4v) is 6.38. The molecule has 0 aromatic rings. The van der Waals surface area contributed by atoms with Gasteiger partial charge in [-0.2, -0.15) is 0 Å². The molecule has 0 spiro atoms. The molecule has 0 aromatic carbocycles. The molecule has 0 N–H and O–H groups in total. The standard InChI is InChI=1S/2C17H35N/c2*1-11(2)16(12(3)4)17(13(5)6)18(14(7)8)15(9)10/h2*11-15H,1-10H3. The number of nitrogens with zero attached hydrogens (tertiary/aromatic N) is 2. The van der Waals surface area contributed by atoms with Gasteiger partial charge in [-0.05, 0) is 102 Å². The van der Waals surface area contributed by atoms with Crippen LogP contribution in [-0.4, -0.2) is 34.0 Å². The Hall–Kier alpha value is -0.920. The zero-order chi connectivity index (χ0) is 29.2. The number of hydrogen-bond acceptors (Lipinski definition) is 2. The summed E-state index contributed by atoms with van der Waals surface area (Å²) < 4.78 is 0. The highest BCUT2D eigenvalue weighted by atomic mass is 15.2. The monoisotopic (exact) mass is 507 g/mol. The molecule has 36 heavy (non-hydrogen) atoms. The Morgan fingerprint density at radius 2 is 0.444 bits per heavy atom. The van der Waals surface area contributed by atoms with Crippen LogP contribution in [0.4, 0.5) is 0 Å². The van der Waals surface area contributed by atoms with Crippen LogP contribution in [0.25, 0.3) is 0 Å². The van der Waals surface area contributed by atoms with E-state index in [1.165, 1.54) is 0 Å². The SMILES string of the molecule is CC(C)C(=C(C(C)C)N(C(C)C)C(C)C)C(C)C.CC(C)C(=C(C(C)C)N(C(C)C)C(C)C)C(C)C. The van der Waals surface area contributed by atoms with Gasteiger partial charge in [-0.3, -0.25) is 0 Å². The molecule has 216 valence electrons. The van der Waals surface area contributed by atoms with Crippen LogP contribution in [0.5, 0.6) is 0 Å². The second-order valence-corrected chi connectivity index (χ2v) is 13.8. The van der Waals surface area contributed by atoms with E-state index in [2.05, 4.69) is 148 Å². The molecule has 0 aliphatic heterocycles. The van der Waals surface area contributed by atoms with Crippen molar-refractivity contribution < 1.29 is 0 Å². The first-order valence-corrected chi connectivity index (χ1v) is 15.3. The van der Waals surface area contributed by atoms with Crippen molar-refractivity contribution in [2.24, 2.45) is 35.5 Å². The Bertz CT molecular complexity index is 561. The lowest BCUT2D eigenvalue weighted by Gasteiger charge is -2.40. The molecule has 0 unspecified atom stereocenters. The number of allylic oxidation sites excluding steroid dienone is 4. The van der Waals surface area contributed by atoms with Gasteiger partial charge in [-0.1, -0.05) is 83.1 Å². The molecule has 0 aliphatic carbocycles. The number of hydrogen-bond donors (Lipinski definition) is 0. The van der Waals surface area contributed by atoms with E-state index in [0.29, 0.717) is 59.7 Å². The second-order valence-electron chi connectivity index (χ2n) is 13.8. The first-order valence-electron chi connectivity index (χ1n) is 15.3. The Morgan fingerprint density at radius 1 is 0.278 bits per heavy atom. The fraction of sp³-hybridized carbons (Fsp3) is 0.882. The van der Waals surface area contributed by atoms with Crippen molar-refractivity contribution >= 4 is 0 Å². The summed E-state index contributed by atoms with van der Waals surface area (Å²) in [5, 5.41) is 0. The highest BCUT2D eigenvalue weighted by Gasteiger charge is 2.26. The molecule has 0 aromatic heterocycles. The van der Waals surface area contributed by atoms with Gasteiger partial charge in [0.2, 0.25) is 0 Å². The average Bonchev–Trinajstić information content (AvgIpc) is 2.64. The van der Waals surface area contributed by atoms with Crippen LogP contribution in [0.2, 0.25) is 0 Å². The van der Waals surface area contributed by atoms with Crippen molar-refractivity contribution in [1.82, 2.24) is 9.80 Å². The fourth-order valence-electron chi connectivity index (χ4n) is 6.38. The Kier molecular flexibility index (Phi) is 17.4. The first kappa shape index (κ1) is 37.2. The van der Waals surface area contributed by atoms with Crippen LogP contribution in [0.1, 0.15) is 138 Å². The topological polar surface area (TPSA) is 6.48 Å². The van der Waals surface area contributed by atoms with Crippen LogP contribution >= 0.6 is 0 Å². The molecule has 2 heteroatoms. The van der Waals surface area contributed by atoms with Crippen LogP contribution < -0.4 is 0 Å². The molecule has 0 heterocycles. The Morgan fingerprint density at radius 3 is 0.528 bits per heavy atom. The van der Waals surface area contributed by atoms with Crippen LogP contribution in [-0.2, 0) is 0 Å². The van der Waals surface area contributed by atoms with E-state index in [1.807, 2.05) is 0 Å². The molecule has 0 saturated carbocycles. The molecule has 0 fully saturated rings. The largest absolute Gasteiger partial charge is 0.370 e. The minimum Gasteiger partial charge on any atom is -0.370 e. The molecule has 0 saturated heterocycles. The van der Waals surface area contributed by atoms with E-state index in [0.717, 1.165) is 0 Å². The summed E-state index contributed by atoms with van der Waals surface area (Å²) in [6.07, 6.45) is 0. The van der Waals surface area contributed by atoms with Gasteiger partial charge in [0.15, 0.2) is 0 Å². The third-order valence-corrected chi connectivity index (χ3v) is 6.96. The molecule has 0 atom stereocenters. The predicted molar refractivity (Wildman–Crippen MR) is 167 cm³/mol. The van der Waals surface area contributed by atoms with Crippen LogP contribution in [0.15, 0.2) is 22.5 Å². The quantitative estimate of drug-likeness (QED) is 0.260. The van der Waals surface area contributed by atoms with Gasteiger partial charge >= 0.3 is 0 Å². The van der Waals surface area contributed by atoms with Gasteiger partial charge < -0.3 is 9.80 Å². The minimum absolute atomic E-state index is 0.565. The van der Waals surface area contributed by atoms with Crippen molar-refractivity contribution in [3.8, 4) is 0 Å². The van der Waals surface area contributed by atoms with Crippen molar-refractivity contribution in [3.63, 3.8) is 0 Å². The number of rotatable bonds is 12. The highest BCUT2D eigenvalue weighted by molar-refractivity contribution is 5.21. The van der Waals surface area contributed by atoms with Gasteiger partial charge in [0.05, 0.1) is 0 Å². The summed E-state index contributed by atoms with van der Waals surface area (Å²) in [5.41, 5.74) is 6.41. The molecule has 0 amide bonds. The summed E-state index contributed by atoms with van der Waals surface area (Å²) in [5.74, 6) is 3.69. The smallest absolute Gasteiger partial charge is 0.0233 e. The second kappa shape index (κ2) is 16.8. The van der Waals surface area contributed by atoms with E-state index < -0.39 is 0 Å². The lowest BCUT2D eigenvalue weighted by molar-refractivity contribution is 0.202. The van der Waals surface area contributed by atoms with E-state index in [9.17, 15) is 0 Å². The summed E-state index contributed by atoms with van der Waals surface area (Å²) in [6, 6.07) is 2.26. The lowest BCUT2D eigenvalue weighted by Crippen LogP contribution is -2.39. The lowest BCUT2D eigenvalue weighted by atomic mass is 9.86. The van der Waals surface area contributed by atoms with Crippen molar-refractivity contribution in [1.29, 1.82) is 0 Å². The highest BCUT2D eigenvalue weighted by Crippen LogP contribution is 2.33. The van der Waals surface area contributed by atoms with Crippen molar-refractivity contribution in [3.05, 3.63) is 22.5 Å². The zero-order valence-corrected chi connectivity index (χ0v) is 28.7. The molecule has 0 bridgehead atoms. The first-order chi connectivity index (χ1) is 16.2. The maximum absolute atomic E-state index is 2.61. The average molecular weight is 507 g/mol. The summed E-state index contributed by atoms with van der Waals surface area (Å²) in [6.45, 7) is 46.4. The van der Waals surface area contributed by atoms with Crippen molar-refractivity contribution in [2.45, 2.75) is 163 Å². The van der Waals surface area contributed by atoms with E-state index in [4.69, 9.17) is 0 Å². The third-order valence-electron chi connectivity index (χ3n) is 6.96. The zero-order valence-electron chi connectivity index (χ0n) is 28.7. The molecule has 0 aliphatic rings. The van der Waals surface area contributed by atoms with E-state index in [-0.39, 0.29) is 0 Å². The van der Waals surface area contributed by atoms with Crippen LogP contribution in [0, 0.1) is 35.5 Å². The normalized spacial score (nSPS) is 12.2. The maximum Gasteiger partial charge on any atom is 0.0233 e. The minimum atomic E-state index is 0.565. The predicted octanol–water partition coefficient (Wildman–Crippen LogP) is 10.7. The van der Waals surface area contributed by atoms with E-state index in [1.54, 1.807) is 22.5 Å². The van der Waals surface area contributed by atoms with Gasteiger partial charge in [0, 0.05) is 35.6 Å². The maximum atomic E-state index is 2.61. The third kappa shape index (κ3) is 11.2. The van der Waals surface area contributed by atoms with Gasteiger partial charge in [-0.25, -0.2) is 0 Å². The summed E-state index contributed by atoms with van der Waals surface area (Å²) in [7, 11) is 0. The summed E-state index contributed by atoms with van der Waals surface area (Å²) in [4.78, 5) is 5.22. The van der Waals surface area contributed by atoms with Crippen LogP contribution in [0.3, 0.4) is 0 Å². The van der Waals surface area contributed by atoms with Gasteiger partial charge in [-0.15, -0.1) is 0 Å². The Labute approximate surface area is 230 Å². The van der Waals surface area contributed by atoms with E-state index >= 15 is 0 Å². The van der Waals surface area contributed by atoms with Crippen molar-refractivity contribution in [2.75, 3.05) is 0 Å². The van der Waals surface area contributed by atoms with Gasteiger partial charge in [0.1, 0.15) is 0 Å².